The molecule has 5 nitrogen and oxygen atoms in total. The molecule has 0 bridgehead atoms. The molecule has 0 aliphatic heterocycles. The minimum absolute atomic E-state index is 0.0114. The third-order valence-electron chi connectivity index (χ3n) is 4.55. The van der Waals surface area contributed by atoms with Gasteiger partial charge >= 0.3 is 6.09 Å². The monoisotopic (exact) mass is 408 g/mol. The van der Waals surface area contributed by atoms with Crippen molar-refractivity contribution in [3.05, 3.63) is 33.8 Å². The number of hydrogen-bond acceptors (Lipinski definition) is 3. The van der Waals surface area contributed by atoms with Crippen LogP contribution in [0.15, 0.2) is 22.7 Å². The second kappa shape index (κ2) is 6.98. The normalized spacial score (nSPS) is 20.6. The van der Waals surface area contributed by atoms with Gasteiger partial charge in [0.15, 0.2) is 0 Å². The number of alkyl carbamates (subject to hydrolysis) is 1. The predicted octanol–water partition coefficient (Wildman–Crippen LogP) is 3.86. The topological polar surface area (TPSA) is 67.4 Å². The van der Waals surface area contributed by atoms with E-state index < -0.39 is 17.7 Å². The number of amides is 2. The Balaban J connectivity index is 1.64. The SMILES string of the molecule is CC(C)(C)OC(=O)N[C@@H](C(=O)N[C@@H]1CCc2cc(Br)ccc21)C1CC1. The molecule has 25 heavy (non-hydrogen) atoms. The second-order valence-electron chi connectivity index (χ2n) is 7.90. The summed E-state index contributed by atoms with van der Waals surface area (Å²) in [5.74, 6) is 0.0902. The van der Waals surface area contributed by atoms with E-state index in [-0.39, 0.29) is 17.9 Å². The van der Waals surface area contributed by atoms with Crippen molar-refractivity contribution in [3.8, 4) is 0 Å². The van der Waals surface area contributed by atoms with Gasteiger partial charge in [-0.25, -0.2) is 4.79 Å². The molecule has 0 aromatic heterocycles. The Kier molecular flexibility index (Phi) is 5.09. The zero-order valence-corrected chi connectivity index (χ0v) is 16.5. The Labute approximate surface area is 157 Å². The van der Waals surface area contributed by atoms with Gasteiger partial charge in [-0.3, -0.25) is 4.79 Å². The second-order valence-corrected chi connectivity index (χ2v) is 8.82. The summed E-state index contributed by atoms with van der Waals surface area (Å²) < 4.78 is 6.36. The van der Waals surface area contributed by atoms with Crippen LogP contribution in [0.4, 0.5) is 4.79 Å². The van der Waals surface area contributed by atoms with Gasteiger partial charge in [-0.05, 0) is 75.6 Å². The van der Waals surface area contributed by atoms with Gasteiger partial charge in [0.2, 0.25) is 5.91 Å². The summed E-state index contributed by atoms with van der Waals surface area (Å²) in [5, 5.41) is 5.88. The zero-order valence-electron chi connectivity index (χ0n) is 14.9. The average molecular weight is 409 g/mol. The third-order valence-corrected chi connectivity index (χ3v) is 5.04. The number of hydrogen-bond donors (Lipinski definition) is 2. The number of aryl methyl sites for hydroxylation is 1. The van der Waals surface area contributed by atoms with Crippen LogP contribution in [-0.2, 0) is 16.0 Å². The summed E-state index contributed by atoms with van der Waals surface area (Å²) >= 11 is 3.49. The third kappa shape index (κ3) is 4.75. The standard InChI is InChI=1S/C19H25BrN2O3/c1-19(2,3)25-18(24)22-16(11-4-5-11)17(23)21-15-9-6-12-10-13(20)7-8-14(12)15/h7-8,10-11,15-16H,4-6,9H2,1-3H3,(H,21,23)(H,22,24)/t15-,16-/m1/s1. The van der Waals surface area contributed by atoms with E-state index in [2.05, 4.69) is 38.7 Å². The van der Waals surface area contributed by atoms with Crippen molar-refractivity contribution in [2.75, 3.05) is 0 Å². The number of ether oxygens (including phenoxy) is 1. The highest BCUT2D eigenvalue weighted by molar-refractivity contribution is 9.10. The molecule has 6 heteroatoms. The van der Waals surface area contributed by atoms with Gasteiger partial charge in [-0.1, -0.05) is 22.0 Å². The van der Waals surface area contributed by atoms with Crippen LogP contribution in [0.1, 0.15) is 57.2 Å². The van der Waals surface area contributed by atoms with Gasteiger partial charge < -0.3 is 15.4 Å². The van der Waals surface area contributed by atoms with Crippen molar-refractivity contribution < 1.29 is 14.3 Å². The fourth-order valence-corrected chi connectivity index (χ4v) is 3.67. The lowest BCUT2D eigenvalue weighted by Crippen LogP contribution is -2.50. The minimum Gasteiger partial charge on any atom is -0.444 e. The van der Waals surface area contributed by atoms with E-state index in [9.17, 15) is 9.59 Å². The summed E-state index contributed by atoms with van der Waals surface area (Å²) in [6, 6.07) is 5.66. The number of nitrogens with one attached hydrogen (secondary N) is 2. The maximum absolute atomic E-state index is 12.8. The summed E-state index contributed by atoms with van der Waals surface area (Å²) in [6.07, 6.45) is 3.23. The molecule has 2 atom stereocenters. The van der Waals surface area contributed by atoms with E-state index in [0.29, 0.717) is 0 Å². The Morgan fingerprint density at radius 2 is 1.96 bits per heavy atom. The first kappa shape index (κ1) is 18.2. The molecule has 1 fully saturated rings. The lowest BCUT2D eigenvalue weighted by atomic mass is 10.1. The van der Waals surface area contributed by atoms with Crippen molar-refractivity contribution in [1.82, 2.24) is 10.6 Å². The lowest BCUT2D eigenvalue weighted by molar-refractivity contribution is -0.124. The fraction of sp³-hybridized carbons (Fsp3) is 0.579. The van der Waals surface area contributed by atoms with Crippen LogP contribution in [0.25, 0.3) is 0 Å². The first-order valence-corrected chi connectivity index (χ1v) is 9.60. The summed E-state index contributed by atoms with van der Waals surface area (Å²) in [5.41, 5.74) is 1.86. The molecule has 1 saturated carbocycles. The highest BCUT2D eigenvalue weighted by atomic mass is 79.9. The van der Waals surface area contributed by atoms with E-state index in [1.165, 1.54) is 11.1 Å². The van der Waals surface area contributed by atoms with Crippen LogP contribution in [0, 0.1) is 5.92 Å². The van der Waals surface area contributed by atoms with Gasteiger partial charge in [0.1, 0.15) is 11.6 Å². The summed E-state index contributed by atoms with van der Waals surface area (Å²) in [6.45, 7) is 5.44. The molecular weight excluding hydrogens is 384 g/mol. The van der Waals surface area contributed by atoms with Gasteiger partial charge in [0, 0.05) is 4.47 Å². The predicted molar refractivity (Wildman–Crippen MR) is 99.2 cm³/mol. The van der Waals surface area contributed by atoms with Crippen LogP contribution in [0.3, 0.4) is 0 Å². The van der Waals surface area contributed by atoms with Gasteiger partial charge in [0.25, 0.3) is 0 Å². The number of fused-ring (bicyclic) bond motifs is 1. The van der Waals surface area contributed by atoms with Crippen molar-refractivity contribution in [2.24, 2.45) is 5.92 Å². The fourth-order valence-electron chi connectivity index (χ4n) is 3.26. The van der Waals surface area contributed by atoms with Crippen molar-refractivity contribution in [3.63, 3.8) is 0 Å². The molecule has 2 amide bonds. The molecule has 0 saturated heterocycles. The first-order valence-electron chi connectivity index (χ1n) is 8.81. The van der Waals surface area contributed by atoms with Gasteiger partial charge in [0.05, 0.1) is 6.04 Å². The summed E-state index contributed by atoms with van der Waals surface area (Å²) in [4.78, 5) is 24.8. The molecule has 2 N–H and O–H groups in total. The Bertz CT molecular complexity index is 680. The Morgan fingerprint density at radius 1 is 1.24 bits per heavy atom. The van der Waals surface area contributed by atoms with Crippen LogP contribution in [0.2, 0.25) is 0 Å². The Hall–Kier alpha value is -1.56. The molecule has 0 unspecified atom stereocenters. The maximum atomic E-state index is 12.8. The quantitative estimate of drug-likeness (QED) is 0.794. The van der Waals surface area contributed by atoms with E-state index >= 15 is 0 Å². The highest BCUT2D eigenvalue weighted by Gasteiger charge is 2.39. The largest absolute Gasteiger partial charge is 0.444 e. The van der Waals surface area contributed by atoms with Crippen LogP contribution < -0.4 is 10.6 Å². The van der Waals surface area contributed by atoms with E-state index in [1.54, 1.807) is 0 Å². The number of carbonyl (C=O) groups is 2. The summed E-state index contributed by atoms with van der Waals surface area (Å²) in [7, 11) is 0. The minimum atomic E-state index is -0.577. The molecular formula is C19H25BrN2O3. The van der Waals surface area contributed by atoms with E-state index in [0.717, 1.165) is 30.2 Å². The molecule has 2 aliphatic carbocycles. The number of benzene rings is 1. The van der Waals surface area contributed by atoms with Gasteiger partial charge in [-0.2, -0.15) is 0 Å². The molecule has 136 valence electrons. The van der Waals surface area contributed by atoms with Crippen LogP contribution in [0.5, 0.6) is 0 Å². The molecule has 0 spiro atoms. The van der Waals surface area contributed by atoms with E-state index in [4.69, 9.17) is 4.74 Å². The molecule has 1 aromatic rings. The van der Waals surface area contributed by atoms with Crippen molar-refractivity contribution in [2.45, 2.75) is 64.1 Å². The molecule has 0 heterocycles. The number of carbonyl (C=O) groups excluding carboxylic acids is 2. The van der Waals surface area contributed by atoms with Crippen LogP contribution in [-0.4, -0.2) is 23.6 Å². The average Bonchev–Trinajstić information content (AvgIpc) is 3.26. The smallest absolute Gasteiger partial charge is 0.408 e. The zero-order chi connectivity index (χ0) is 18.2. The maximum Gasteiger partial charge on any atom is 0.408 e. The number of halogens is 1. The van der Waals surface area contributed by atoms with Crippen molar-refractivity contribution in [1.29, 1.82) is 0 Å². The molecule has 3 rings (SSSR count). The molecule has 1 aromatic carbocycles. The molecule has 0 radical (unpaired) electrons. The van der Waals surface area contributed by atoms with E-state index in [1.807, 2.05) is 26.8 Å². The number of rotatable bonds is 4. The lowest BCUT2D eigenvalue weighted by Gasteiger charge is -2.24. The Morgan fingerprint density at radius 3 is 2.60 bits per heavy atom. The van der Waals surface area contributed by atoms with Crippen LogP contribution >= 0.6 is 15.9 Å². The van der Waals surface area contributed by atoms with Crippen molar-refractivity contribution >= 4 is 27.9 Å². The molecule has 2 aliphatic rings. The highest BCUT2D eigenvalue weighted by Crippen LogP contribution is 2.35. The van der Waals surface area contributed by atoms with Gasteiger partial charge in [-0.15, -0.1) is 0 Å². The first-order chi connectivity index (χ1) is 11.7.